The monoisotopic (exact) mass is 173 g/mol. The Labute approximate surface area is 72.0 Å². The molecule has 4 heteroatoms. The number of hydrogen-bond donors (Lipinski definition) is 1. The quantitative estimate of drug-likeness (QED) is 0.583. The highest BCUT2D eigenvalue weighted by Crippen LogP contribution is 2.18. The fourth-order valence-electron chi connectivity index (χ4n) is 1.33. The molecule has 0 spiro atoms. The summed E-state index contributed by atoms with van der Waals surface area (Å²) in [5.41, 5.74) is 5.62. The summed E-state index contributed by atoms with van der Waals surface area (Å²) in [4.78, 5) is 10.6. The van der Waals surface area contributed by atoms with Crippen molar-refractivity contribution < 1.29 is 14.3 Å². The lowest BCUT2D eigenvalue weighted by Gasteiger charge is -2.31. The van der Waals surface area contributed by atoms with Crippen LogP contribution < -0.4 is 5.73 Å². The van der Waals surface area contributed by atoms with Gasteiger partial charge in [0.1, 0.15) is 12.3 Å². The first-order valence-corrected chi connectivity index (χ1v) is 4.18. The van der Waals surface area contributed by atoms with Gasteiger partial charge in [0.05, 0.1) is 6.10 Å². The molecule has 3 atom stereocenters. The van der Waals surface area contributed by atoms with Gasteiger partial charge in [-0.25, -0.2) is 0 Å². The largest absolute Gasteiger partial charge is 0.458 e. The maximum absolute atomic E-state index is 10.6. The second-order valence-electron chi connectivity index (χ2n) is 3.14. The van der Waals surface area contributed by atoms with Gasteiger partial charge in [-0.15, -0.1) is 0 Å². The van der Waals surface area contributed by atoms with E-state index in [1.54, 1.807) is 0 Å². The molecule has 0 saturated carbocycles. The standard InChI is InChI=1S/C8H15NO3/c1-5-3-4-7(8(9)11-5)12-6(2)10/h5,7-8H,3-4,9H2,1-2H3/t5-,7?,8-/m0/s1. The number of nitrogens with two attached hydrogens (primary N) is 1. The molecule has 1 unspecified atom stereocenters. The molecular formula is C8H15NO3. The lowest BCUT2D eigenvalue weighted by atomic mass is 10.1. The van der Waals surface area contributed by atoms with Crippen molar-refractivity contribution in [2.45, 2.75) is 45.1 Å². The summed E-state index contributed by atoms with van der Waals surface area (Å²) >= 11 is 0. The Morgan fingerprint density at radius 2 is 2.25 bits per heavy atom. The van der Waals surface area contributed by atoms with E-state index < -0.39 is 6.23 Å². The molecule has 0 aromatic heterocycles. The van der Waals surface area contributed by atoms with Gasteiger partial charge in [0.15, 0.2) is 0 Å². The van der Waals surface area contributed by atoms with E-state index in [9.17, 15) is 4.79 Å². The van der Waals surface area contributed by atoms with E-state index in [4.69, 9.17) is 15.2 Å². The minimum absolute atomic E-state index is 0.173. The molecule has 0 aromatic carbocycles. The Bertz CT molecular complexity index is 172. The topological polar surface area (TPSA) is 61.5 Å². The molecular weight excluding hydrogens is 158 g/mol. The van der Waals surface area contributed by atoms with Crippen LogP contribution in [-0.2, 0) is 14.3 Å². The van der Waals surface area contributed by atoms with Crippen LogP contribution in [0.4, 0.5) is 0 Å². The van der Waals surface area contributed by atoms with Gasteiger partial charge < -0.3 is 15.2 Å². The summed E-state index contributed by atoms with van der Waals surface area (Å²) < 4.78 is 10.3. The zero-order valence-corrected chi connectivity index (χ0v) is 7.45. The summed E-state index contributed by atoms with van der Waals surface area (Å²) in [6.07, 6.45) is 1.14. The lowest BCUT2D eigenvalue weighted by Crippen LogP contribution is -2.45. The molecule has 1 rings (SSSR count). The molecule has 70 valence electrons. The number of rotatable bonds is 1. The van der Waals surface area contributed by atoms with Gasteiger partial charge in [0.25, 0.3) is 0 Å². The Balaban J connectivity index is 2.39. The number of carbonyl (C=O) groups excluding carboxylic acids is 1. The molecule has 0 radical (unpaired) electrons. The number of ether oxygens (including phenoxy) is 2. The summed E-state index contributed by atoms with van der Waals surface area (Å²) in [6, 6.07) is 0. The molecule has 0 aromatic rings. The lowest BCUT2D eigenvalue weighted by molar-refractivity contribution is -0.167. The Morgan fingerprint density at radius 1 is 1.58 bits per heavy atom. The molecule has 1 saturated heterocycles. The summed E-state index contributed by atoms with van der Waals surface area (Å²) in [7, 11) is 0. The maximum Gasteiger partial charge on any atom is 0.303 e. The van der Waals surface area contributed by atoms with Gasteiger partial charge >= 0.3 is 5.97 Å². The van der Waals surface area contributed by atoms with Crippen LogP contribution in [0.15, 0.2) is 0 Å². The molecule has 1 fully saturated rings. The van der Waals surface area contributed by atoms with Crippen molar-refractivity contribution in [1.29, 1.82) is 0 Å². The minimum atomic E-state index is -0.461. The average molecular weight is 173 g/mol. The molecule has 2 N–H and O–H groups in total. The summed E-state index contributed by atoms with van der Waals surface area (Å²) in [5.74, 6) is -0.298. The summed E-state index contributed by atoms with van der Waals surface area (Å²) in [5, 5.41) is 0. The second-order valence-corrected chi connectivity index (χ2v) is 3.14. The Kier molecular flexibility index (Phi) is 3.05. The van der Waals surface area contributed by atoms with Gasteiger partial charge in [-0.05, 0) is 19.8 Å². The van der Waals surface area contributed by atoms with Crippen LogP contribution in [0, 0.1) is 0 Å². The third kappa shape index (κ3) is 2.46. The van der Waals surface area contributed by atoms with Crippen molar-refractivity contribution in [2.75, 3.05) is 0 Å². The van der Waals surface area contributed by atoms with Gasteiger partial charge in [-0.2, -0.15) is 0 Å². The van der Waals surface area contributed by atoms with Crippen LogP contribution in [-0.4, -0.2) is 24.4 Å². The Hall–Kier alpha value is -0.610. The van der Waals surface area contributed by atoms with Crippen molar-refractivity contribution in [3.63, 3.8) is 0 Å². The second kappa shape index (κ2) is 3.87. The van der Waals surface area contributed by atoms with Gasteiger partial charge in [0.2, 0.25) is 0 Å². The van der Waals surface area contributed by atoms with Crippen LogP contribution in [0.25, 0.3) is 0 Å². The van der Waals surface area contributed by atoms with Crippen molar-refractivity contribution in [3.8, 4) is 0 Å². The van der Waals surface area contributed by atoms with Crippen LogP contribution >= 0.6 is 0 Å². The van der Waals surface area contributed by atoms with Crippen molar-refractivity contribution in [3.05, 3.63) is 0 Å². The number of carbonyl (C=O) groups is 1. The SMILES string of the molecule is CC(=O)OC1CC[C@H](C)O[C@@H]1N. The Morgan fingerprint density at radius 3 is 2.75 bits per heavy atom. The first-order chi connectivity index (χ1) is 5.59. The van der Waals surface area contributed by atoms with Crippen molar-refractivity contribution >= 4 is 5.97 Å². The average Bonchev–Trinajstić information content (AvgIpc) is 1.94. The highest BCUT2D eigenvalue weighted by atomic mass is 16.6. The minimum Gasteiger partial charge on any atom is -0.458 e. The van der Waals surface area contributed by atoms with E-state index in [0.717, 1.165) is 12.8 Å². The van der Waals surface area contributed by atoms with Crippen LogP contribution in [0.2, 0.25) is 0 Å². The zero-order valence-electron chi connectivity index (χ0n) is 7.45. The predicted molar refractivity (Wildman–Crippen MR) is 43.3 cm³/mol. The van der Waals surface area contributed by atoms with E-state index >= 15 is 0 Å². The first-order valence-electron chi connectivity index (χ1n) is 4.18. The summed E-state index contributed by atoms with van der Waals surface area (Å²) in [6.45, 7) is 3.34. The normalized spacial score (nSPS) is 36.1. The predicted octanol–water partition coefficient (Wildman–Crippen LogP) is 0.402. The van der Waals surface area contributed by atoms with E-state index in [0.29, 0.717) is 0 Å². The molecule has 1 heterocycles. The van der Waals surface area contributed by atoms with Crippen molar-refractivity contribution in [1.82, 2.24) is 0 Å². The third-order valence-electron chi connectivity index (χ3n) is 1.93. The van der Waals surface area contributed by atoms with Gasteiger partial charge in [-0.1, -0.05) is 0 Å². The maximum atomic E-state index is 10.6. The fourth-order valence-corrected chi connectivity index (χ4v) is 1.33. The number of hydrogen-bond acceptors (Lipinski definition) is 4. The van der Waals surface area contributed by atoms with E-state index in [1.807, 2.05) is 6.92 Å². The van der Waals surface area contributed by atoms with E-state index in [2.05, 4.69) is 0 Å². The highest BCUT2D eigenvalue weighted by Gasteiger charge is 2.28. The molecule has 0 bridgehead atoms. The molecule has 1 aliphatic rings. The van der Waals surface area contributed by atoms with Crippen LogP contribution in [0.5, 0.6) is 0 Å². The zero-order chi connectivity index (χ0) is 9.14. The third-order valence-corrected chi connectivity index (χ3v) is 1.93. The molecule has 1 aliphatic heterocycles. The first kappa shape index (κ1) is 9.48. The molecule has 0 aliphatic carbocycles. The van der Waals surface area contributed by atoms with Crippen molar-refractivity contribution in [2.24, 2.45) is 5.73 Å². The van der Waals surface area contributed by atoms with Crippen LogP contribution in [0.3, 0.4) is 0 Å². The van der Waals surface area contributed by atoms with E-state index in [1.165, 1.54) is 6.92 Å². The van der Waals surface area contributed by atoms with E-state index in [-0.39, 0.29) is 18.2 Å². The molecule has 0 amide bonds. The van der Waals surface area contributed by atoms with Crippen LogP contribution in [0.1, 0.15) is 26.7 Å². The molecule has 4 nitrogen and oxygen atoms in total. The number of esters is 1. The smallest absolute Gasteiger partial charge is 0.303 e. The van der Waals surface area contributed by atoms with Gasteiger partial charge in [0, 0.05) is 6.92 Å². The fraction of sp³-hybridized carbons (Fsp3) is 0.875. The van der Waals surface area contributed by atoms with Gasteiger partial charge in [-0.3, -0.25) is 4.79 Å². The highest BCUT2D eigenvalue weighted by molar-refractivity contribution is 5.66. The molecule has 12 heavy (non-hydrogen) atoms.